The van der Waals surface area contributed by atoms with Crippen molar-refractivity contribution >= 4 is 50.5 Å². The minimum absolute atomic E-state index is 0.106. The third-order valence-electron chi connectivity index (χ3n) is 4.85. The van der Waals surface area contributed by atoms with E-state index in [9.17, 15) is 13.6 Å². The van der Waals surface area contributed by atoms with Gasteiger partial charge in [-0.3, -0.25) is 9.69 Å². The molecule has 4 nitrogen and oxygen atoms in total. The number of aliphatic imine (C=N–C) groups is 1. The largest absolute Gasteiger partial charge is 0.488 e. The summed E-state index contributed by atoms with van der Waals surface area (Å²) in [5.41, 5.74) is 1.84. The second-order valence-electron chi connectivity index (χ2n) is 7.10. The molecule has 0 spiro atoms. The van der Waals surface area contributed by atoms with Crippen molar-refractivity contribution in [3.8, 4) is 5.75 Å². The Bertz CT molecular complexity index is 1250. The molecule has 0 aliphatic carbocycles. The fourth-order valence-electron chi connectivity index (χ4n) is 3.14. The summed E-state index contributed by atoms with van der Waals surface area (Å²) in [6.07, 6.45) is 1.79. The maximum atomic E-state index is 13.8. The zero-order valence-corrected chi connectivity index (χ0v) is 20.0. The Morgan fingerprint density at radius 1 is 1.09 bits per heavy atom. The van der Waals surface area contributed by atoms with Gasteiger partial charge in [-0.1, -0.05) is 24.3 Å². The summed E-state index contributed by atoms with van der Waals surface area (Å²) in [4.78, 5) is 19.5. The number of hydrogen-bond donors (Lipinski definition) is 0. The van der Waals surface area contributed by atoms with Crippen molar-refractivity contribution in [2.45, 2.75) is 13.5 Å². The lowest BCUT2D eigenvalue weighted by atomic mass is 10.2. The Labute approximate surface area is 203 Å². The molecule has 0 saturated carbocycles. The van der Waals surface area contributed by atoms with Crippen molar-refractivity contribution in [1.82, 2.24) is 4.90 Å². The Morgan fingerprint density at radius 3 is 2.55 bits per heavy atom. The molecule has 8 heteroatoms. The highest BCUT2D eigenvalue weighted by Crippen LogP contribution is 2.35. The van der Waals surface area contributed by atoms with Gasteiger partial charge in [0.2, 0.25) is 0 Å². The summed E-state index contributed by atoms with van der Waals surface area (Å²) in [7, 11) is 0. The minimum Gasteiger partial charge on any atom is -0.488 e. The molecule has 0 aromatic heterocycles. The molecule has 168 valence electrons. The average Bonchev–Trinajstić information content (AvgIpc) is 3.09. The molecular weight excluding hydrogens is 510 g/mol. The topological polar surface area (TPSA) is 41.9 Å². The molecule has 0 radical (unpaired) electrons. The van der Waals surface area contributed by atoms with Crippen LogP contribution in [0.25, 0.3) is 6.08 Å². The fourth-order valence-corrected chi connectivity index (χ4v) is 4.72. The number of halogens is 3. The normalized spacial score (nSPS) is 16.1. The second-order valence-corrected chi connectivity index (χ2v) is 8.96. The Morgan fingerprint density at radius 2 is 1.85 bits per heavy atom. The van der Waals surface area contributed by atoms with Gasteiger partial charge >= 0.3 is 0 Å². The number of carbonyl (C=O) groups excluding carboxylic acids is 1. The first-order chi connectivity index (χ1) is 15.9. The summed E-state index contributed by atoms with van der Waals surface area (Å²) < 4.78 is 33.4. The van der Waals surface area contributed by atoms with Gasteiger partial charge in [0.05, 0.1) is 15.1 Å². The zero-order valence-electron chi connectivity index (χ0n) is 17.6. The lowest BCUT2D eigenvalue weighted by Gasteiger charge is -2.12. The van der Waals surface area contributed by atoms with Crippen molar-refractivity contribution in [3.63, 3.8) is 0 Å². The van der Waals surface area contributed by atoms with Gasteiger partial charge in [-0.25, -0.2) is 13.8 Å². The highest BCUT2D eigenvalue weighted by atomic mass is 79.9. The lowest BCUT2D eigenvalue weighted by Crippen LogP contribution is -2.28. The van der Waals surface area contributed by atoms with Crippen LogP contribution in [0.15, 0.2) is 81.1 Å². The predicted octanol–water partition coefficient (Wildman–Crippen LogP) is 6.93. The van der Waals surface area contributed by atoms with E-state index in [0.717, 1.165) is 5.56 Å². The first-order valence-electron chi connectivity index (χ1n) is 10.2. The van der Waals surface area contributed by atoms with E-state index in [1.54, 1.807) is 47.4 Å². The van der Waals surface area contributed by atoms with E-state index >= 15 is 0 Å². The van der Waals surface area contributed by atoms with Crippen LogP contribution in [0.3, 0.4) is 0 Å². The van der Waals surface area contributed by atoms with Crippen LogP contribution in [-0.4, -0.2) is 22.5 Å². The number of ether oxygens (including phenoxy) is 1. The zero-order chi connectivity index (χ0) is 23.4. The van der Waals surface area contributed by atoms with Gasteiger partial charge in [-0.05, 0) is 88.7 Å². The molecule has 1 aliphatic heterocycles. The molecule has 0 N–H and O–H groups in total. The van der Waals surface area contributed by atoms with E-state index in [1.165, 1.54) is 30.0 Å². The highest BCUT2D eigenvalue weighted by molar-refractivity contribution is 9.10. The predicted molar refractivity (Wildman–Crippen MR) is 131 cm³/mol. The average molecular weight is 529 g/mol. The van der Waals surface area contributed by atoms with Crippen molar-refractivity contribution in [3.05, 3.63) is 98.9 Å². The smallest absolute Gasteiger partial charge is 0.266 e. The molecular formula is C25H19BrF2N2O2S. The van der Waals surface area contributed by atoms with Gasteiger partial charge in [0.25, 0.3) is 5.91 Å². The van der Waals surface area contributed by atoms with Crippen LogP contribution in [-0.2, 0) is 11.4 Å². The maximum Gasteiger partial charge on any atom is 0.266 e. The van der Waals surface area contributed by atoms with Crippen LogP contribution < -0.4 is 4.74 Å². The third kappa shape index (κ3) is 5.51. The summed E-state index contributed by atoms with van der Waals surface area (Å²) >= 11 is 4.76. The van der Waals surface area contributed by atoms with E-state index < -0.39 is 0 Å². The summed E-state index contributed by atoms with van der Waals surface area (Å²) in [5.74, 6) is -0.224. The number of carbonyl (C=O) groups is 1. The van der Waals surface area contributed by atoms with Crippen molar-refractivity contribution in [2.75, 3.05) is 6.54 Å². The van der Waals surface area contributed by atoms with Crippen molar-refractivity contribution in [2.24, 2.45) is 4.99 Å². The van der Waals surface area contributed by atoms with Gasteiger partial charge in [0.1, 0.15) is 24.0 Å². The van der Waals surface area contributed by atoms with E-state index in [-0.39, 0.29) is 24.1 Å². The van der Waals surface area contributed by atoms with Crippen LogP contribution in [0.2, 0.25) is 0 Å². The van der Waals surface area contributed by atoms with E-state index in [4.69, 9.17) is 4.74 Å². The van der Waals surface area contributed by atoms with Gasteiger partial charge in [-0.15, -0.1) is 0 Å². The van der Waals surface area contributed by atoms with E-state index in [2.05, 4.69) is 20.9 Å². The quantitative estimate of drug-likeness (QED) is 0.325. The summed E-state index contributed by atoms with van der Waals surface area (Å²) in [6.45, 7) is 2.45. The van der Waals surface area contributed by atoms with Gasteiger partial charge in [-0.2, -0.15) is 0 Å². The van der Waals surface area contributed by atoms with E-state index in [0.29, 0.717) is 38.1 Å². The number of amidine groups is 1. The number of nitrogens with zero attached hydrogens (tertiary/aromatic N) is 2. The molecule has 1 fully saturated rings. The number of thioether (sulfide) groups is 1. The molecule has 0 atom stereocenters. The first-order valence-corrected chi connectivity index (χ1v) is 11.8. The van der Waals surface area contributed by atoms with Crippen LogP contribution in [0, 0.1) is 11.6 Å². The Balaban J connectivity index is 1.52. The monoisotopic (exact) mass is 528 g/mol. The molecule has 1 aliphatic rings. The van der Waals surface area contributed by atoms with Gasteiger partial charge in [0, 0.05) is 12.1 Å². The fraction of sp³-hybridized carbons (Fsp3) is 0.120. The van der Waals surface area contributed by atoms with Crippen LogP contribution in [0.1, 0.15) is 18.1 Å². The summed E-state index contributed by atoms with van der Waals surface area (Å²) in [5, 5.41) is 0.546. The minimum atomic E-state index is -0.339. The van der Waals surface area contributed by atoms with Crippen LogP contribution in [0.4, 0.5) is 14.5 Å². The number of rotatable bonds is 6. The van der Waals surface area contributed by atoms with Crippen molar-refractivity contribution in [1.29, 1.82) is 0 Å². The molecule has 33 heavy (non-hydrogen) atoms. The maximum absolute atomic E-state index is 13.8. The number of hydrogen-bond acceptors (Lipinski definition) is 4. The van der Waals surface area contributed by atoms with Gasteiger partial charge in [0.15, 0.2) is 5.17 Å². The molecule has 0 unspecified atom stereocenters. The first kappa shape index (κ1) is 23.2. The molecule has 1 amide bonds. The van der Waals surface area contributed by atoms with Crippen molar-refractivity contribution < 1.29 is 18.3 Å². The SMILES string of the molecule is CCN1C(=O)/C(=C\c2ccc(OCc3ccccc3F)c(Br)c2)SC1=Nc1ccc(F)cc1. The molecule has 4 rings (SSSR count). The molecule has 3 aromatic rings. The third-order valence-corrected chi connectivity index (χ3v) is 6.48. The Kier molecular flexibility index (Phi) is 7.25. The van der Waals surface area contributed by atoms with Crippen LogP contribution in [0.5, 0.6) is 5.75 Å². The molecule has 0 bridgehead atoms. The second kappa shape index (κ2) is 10.3. The van der Waals surface area contributed by atoms with Crippen LogP contribution >= 0.6 is 27.7 Å². The van der Waals surface area contributed by atoms with E-state index in [1.807, 2.05) is 19.1 Å². The Hall–Kier alpha value is -2.97. The number of amides is 1. The highest BCUT2D eigenvalue weighted by Gasteiger charge is 2.32. The molecule has 1 saturated heterocycles. The lowest BCUT2D eigenvalue weighted by molar-refractivity contribution is -0.122. The molecule has 3 aromatic carbocycles. The summed E-state index contributed by atoms with van der Waals surface area (Å²) in [6, 6.07) is 17.7. The number of benzene rings is 3. The number of likely N-dealkylation sites (N-methyl/N-ethyl adjacent to an activating group) is 1. The standard InChI is InChI=1S/C25H19BrF2N2O2S/c1-2-30-24(31)23(33-25(30)29-19-10-8-18(27)9-11-19)14-16-7-12-22(20(26)13-16)32-15-17-5-3-4-6-21(17)28/h3-14H,2,15H2,1H3/b23-14+,29-25?. The molecule has 1 heterocycles. The van der Waals surface area contributed by atoms with Gasteiger partial charge < -0.3 is 4.74 Å².